The Hall–Kier alpha value is -0.690. The van der Waals surface area contributed by atoms with Crippen molar-refractivity contribution >= 4 is 34.3 Å². The molecule has 7 heteroatoms. The Morgan fingerprint density at radius 2 is 1.67 bits per heavy atom. The zero-order valence-corrected chi connectivity index (χ0v) is 18.4. The molecule has 0 saturated heterocycles. The van der Waals surface area contributed by atoms with Gasteiger partial charge in [-0.3, -0.25) is 0 Å². The highest BCUT2D eigenvalue weighted by atomic mass is 32.2. The van der Waals surface area contributed by atoms with Crippen molar-refractivity contribution < 1.29 is 23.0 Å². The minimum atomic E-state index is -3.69. The van der Waals surface area contributed by atoms with Crippen molar-refractivity contribution in [1.29, 1.82) is 0 Å². The molecule has 0 aromatic heterocycles. The molecule has 0 bridgehead atoms. The molecule has 0 aliphatic rings. The molecule has 0 aromatic rings. The van der Waals surface area contributed by atoms with E-state index in [0.717, 1.165) is 50.3 Å². The lowest BCUT2D eigenvalue weighted by molar-refractivity contribution is -0.186. The summed E-state index contributed by atoms with van der Waals surface area (Å²) in [7, 11) is 0. The lowest BCUT2D eigenvalue weighted by atomic mass is 10.0. The van der Waals surface area contributed by atoms with Gasteiger partial charge in [-0.15, -0.1) is 0 Å². The molecule has 0 rings (SSSR count). The van der Waals surface area contributed by atoms with E-state index in [1.54, 1.807) is 6.26 Å². The second-order valence-electron chi connectivity index (χ2n) is 6.34. The first-order chi connectivity index (χ1) is 12.9. The highest BCUT2D eigenvalue weighted by Gasteiger charge is 2.50. The van der Waals surface area contributed by atoms with Gasteiger partial charge in [-0.2, -0.15) is 8.78 Å². The summed E-state index contributed by atoms with van der Waals surface area (Å²) in [5.74, 6) is -5.24. The van der Waals surface area contributed by atoms with E-state index in [4.69, 9.17) is 17.0 Å². The van der Waals surface area contributed by atoms with Crippen molar-refractivity contribution in [3.8, 4) is 0 Å². The molecule has 0 aliphatic carbocycles. The molecule has 158 valence electrons. The zero-order valence-electron chi connectivity index (χ0n) is 16.8. The fourth-order valence-corrected chi connectivity index (χ4v) is 2.93. The van der Waals surface area contributed by atoms with E-state index in [0.29, 0.717) is 6.42 Å². The first kappa shape index (κ1) is 26.3. The number of esters is 1. The minimum Gasteiger partial charge on any atom is -0.468 e. The van der Waals surface area contributed by atoms with Gasteiger partial charge in [0.25, 0.3) is 0 Å². The Morgan fingerprint density at radius 3 is 2.22 bits per heavy atom. The summed E-state index contributed by atoms with van der Waals surface area (Å²) in [4.78, 5) is 11.6. The smallest absolute Gasteiger partial charge is 0.381 e. The molecular formula is C20H34F2O3S2. The molecule has 1 atom stereocenters. The monoisotopic (exact) mass is 424 g/mol. The molecule has 0 aliphatic heterocycles. The second-order valence-corrected chi connectivity index (χ2v) is 7.74. The summed E-state index contributed by atoms with van der Waals surface area (Å²) in [6, 6.07) is 0. The summed E-state index contributed by atoms with van der Waals surface area (Å²) in [5.41, 5.74) is 0. The number of rotatable bonds is 15. The van der Waals surface area contributed by atoms with Crippen LogP contribution < -0.4 is 0 Å². The standard InChI is InChI=1S/C20H34F2O3S2/c1-4-6-7-8-9-10-11-12-13-14-15-16-17(25-19(26)27-3)20(21,22)18(23)24-5-2/h6-7,17H,4-5,8-16H2,1-3H3/b7-6+. The van der Waals surface area contributed by atoms with Gasteiger partial charge in [0.1, 0.15) is 0 Å². The van der Waals surface area contributed by atoms with Crippen LogP contribution in [0.4, 0.5) is 8.78 Å². The predicted molar refractivity (Wildman–Crippen MR) is 114 cm³/mol. The maximum absolute atomic E-state index is 14.3. The number of alkyl halides is 2. The Kier molecular flexibility index (Phi) is 15.9. The van der Waals surface area contributed by atoms with Gasteiger partial charge < -0.3 is 9.47 Å². The number of hydrogen-bond donors (Lipinski definition) is 0. The van der Waals surface area contributed by atoms with E-state index in [9.17, 15) is 13.6 Å². The third-order valence-electron chi connectivity index (χ3n) is 4.10. The molecular weight excluding hydrogens is 390 g/mol. The summed E-state index contributed by atoms with van der Waals surface area (Å²) < 4.78 is 38.3. The molecule has 0 radical (unpaired) electrons. The first-order valence-electron chi connectivity index (χ1n) is 9.84. The summed E-state index contributed by atoms with van der Waals surface area (Å²) in [5, 5.41) is 0. The normalized spacial score (nSPS) is 12.9. The van der Waals surface area contributed by atoms with Gasteiger partial charge in [0.05, 0.1) is 6.61 Å². The van der Waals surface area contributed by atoms with Crippen LogP contribution >= 0.6 is 24.0 Å². The van der Waals surface area contributed by atoms with Crippen LogP contribution in [0.1, 0.15) is 78.1 Å². The van der Waals surface area contributed by atoms with E-state index in [1.165, 1.54) is 19.8 Å². The highest BCUT2D eigenvalue weighted by molar-refractivity contribution is 8.22. The zero-order chi connectivity index (χ0) is 20.5. The van der Waals surface area contributed by atoms with Crippen LogP contribution in [0.25, 0.3) is 0 Å². The molecule has 3 nitrogen and oxygen atoms in total. The van der Waals surface area contributed by atoms with Crippen molar-refractivity contribution in [2.45, 2.75) is 90.1 Å². The van der Waals surface area contributed by atoms with Crippen LogP contribution in [0.3, 0.4) is 0 Å². The van der Waals surface area contributed by atoms with Crippen LogP contribution in [0.15, 0.2) is 12.2 Å². The van der Waals surface area contributed by atoms with E-state index in [1.807, 2.05) is 0 Å². The SMILES string of the molecule is CC/C=C/CCCCCCCCCC(OC(=S)SC)C(F)(F)C(=O)OCC. The van der Waals surface area contributed by atoms with Crippen molar-refractivity contribution in [2.24, 2.45) is 0 Å². The molecule has 0 N–H and O–H groups in total. The molecule has 27 heavy (non-hydrogen) atoms. The third-order valence-corrected chi connectivity index (χ3v) is 5.12. The van der Waals surface area contributed by atoms with Crippen molar-refractivity contribution in [2.75, 3.05) is 12.9 Å². The average molecular weight is 425 g/mol. The number of ether oxygens (including phenoxy) is 2. The number of halogens is 2. The maximum atomic E-state index is 14.3. The number of thioether (sulfide) groups is 1. The minimum absolute atomic E-state index is 0.0149. The molecule has 0 saturated carbocycles. The van der Waals surface area contributed by atoms with Gasteiger partial charge in [-0.25, -0.2) is 4.79 Å². The predicted octanol–water partition coefficient (Wildman–Crippen LogP) is 6.70. The Morgan fingerprint density at radius 1 is 1.07 bits per heavy atom. The number of thiocarbonyl (C=S) groups is 1. The lowest BCUT2D eigenvalue weighted by Gasteiger charge is -2.25. The number of carbonyl (C=O) groups excluding carboxylic acids is 1. The van der Waals surface area contributed by atoms with Crippen LogP contribution in [0, 0.1) is 0 Å². The van der Waals surface area contributed by atoms with Crippen LogP contribution in [0.2, 0.25) is 0 Å². The summed E-state index contributed by atoms with van der Waals surface area (Å²) in [6.07, 6.45) is 13.8. The van der Waals surface area contributed by atoms with Gasteiger partial charge >= 0.3 is 11.9 Å². The summed E-state index contributed by atoms with van der Waals surface area (Å²) in [6.45, 7) is 3.53. The Labute approximate surface area is 172 Å². The molecule has 1 unspecified atom stereocenters. The largest absolute Gasteiger partial charge is 0.468 e. The fraction of sp³-hybridized carbons (Fsp3) is 0.800. The second kappa shape index (κ2) is 16.3. The molecule has 0 amide bonds. The fourth-order valence-electron chi connectivity index (χ4n) is 2.60. The lowest BCUT2D eigenvalue weighted by Crippen LogP contribution is -2.44. The van der Waals surface area contributed by atoms with Crippen molar-refractivity contribution in [3.05, 3.63) is 12.2 Å². The van der Waals surface area contributed by atoms with Gasteiger partial charge in [-0.05, 0) is 57.5 Å². The van der Waals surface area contributed by atoms with Crippen LogP contribution in [-0.4, -0.2) is 35.2 Å². The molecule has 0 spiro atoms. The van der Waals surface area contributed by atoms with Crippen molar-refractivity contribution in [3.63, 3.8) is 0 Å². The van der Waals surface area contributed by atoms with Crippen molar-refractivity contribution in [1.82, 2.24) is 0 Å². The van der Waals surface area contributed by atoms with E-state index in [-0.39, 0.29) is 17.4 Å². The third kappa shape index (κ3) is 12.4. The van der Waals surface area contributed by atoms with Crippen LogP contribution in [0.5, 0.6) is 0 Å². The molecule has 0 heterocycles. The number of carbonyl (C=O) groups is 1. The number of allylic oxidation sites excluding steroid dienone is 2. The van der Waals surface area contributed by atoms with E-state index in [2.05, 4.69) is 23.8 Å². The molecule has 0 aromatic carbocycles. The van der Waals surface area contributed by atoms with Crippen LogP contribution in [-0.2, 0) is 14.3 Å². The quantitative estimate of drug-likeness (QED) is 0.127. The van der Waals surface area contributed by atoms with E-state index < -0.39 is 18.0 Å². The van der Waals surface area contributed by atoms with Gasteiger partial charge in [0.15, 0.2) is 6.10 Å². The molecule has 0 fully saturated rings. The van der Waals surface area contributed by atoms with Gasteiger partial charge in [-0.1, -0.05) is 62.9 Å². The Balaban J connectivity index is 4.17. The highest BCUT2D eigenvalue weighted by Crippen LogP contribution is 2.29. The number of unbranched alkanes of at least 4 members (excludes halogenated alkanes) is 7. The summed E-state index contributed by atoms with van der Waals surface area (Å²) >= 11 is 5.96. The number of hydrogen-bond acceptors (Lipinski definition) is 5. The maximum Gasteiger partial charge on any atom is 0.381 e. The Bertz CT molecular complexity index is 443. The van der Waals surface area contributed by atoms with Gasteiger partial charge in [0.2, 0.25) is 4.38 Å². The van der Waals surface area contributed by atoms with E-state index >= 15 is 0 Å². The van der Waals surface area contributed by atoms with Gasteiger partial charge in [0, 0.05) is 0 Å². The first-order valence-corrected chi connectivity index (χ1v) is 11.5. The topological polar surface area (TPSA) is 35.5 Å². The average Bonchev–Trinajstić information content (AvgIpc) is 2.64.